The zero-order valence-electron chi connectivity index (χ0n) is 18.5. The van der Waals surface area contributed by atoms with Gasteiger partial charge in [-0.25, -0.2) is 8.42 Å². The first-order chi connectivity index (χ1) is 15.2. The van der Waals surface area contributed by atoms with Crippen LogP contribution in [0.1, 0.15) is 38.2 Å². The van der Waals surface area contributed by atoms with Gasteiger partial charge in [-0.3, -0.25) is 14.5 Å². The van der Waals surface area contributed by atoms with Crippen LogP contribution < -0.4 is 10.2 Å². The monoisotopic (exact) mass is 455 g/mol. The van der Waals surface area contributed by atoms with E-state index in [2.05, 4.69) is 5.32 Å². The molecule has 1 saturated heterocycles. The maximum atomic E-state index is 13.6. The molecule has 0 bridgehead atoms. The highest BCUT2D eigenvalue weighted by Crippen LogP contribution is 2.34. The molecule has 2 aliphatic rings. The second kappa shape index (κ2) is 8.67. The lowest BCUT2D eigenvalue weighted by Gasteiger charge is -2.47. The highest BCUT2D eigenvalue weighted by Gasteiger charge is 2.51. The number of para-hydroxylation sites is 1. The van der Waals surface area contributed by atoms with Crippen molar-refractivity contribution in [2.75, 3.05) is 18.0 Å². The first kappa shape index (κ1) is 22.5. The average molecular weight is 456 g/mol. The Morgan fingerprint density at radius 3 is 2.31 bits per heavy atom. The fraction of sp³-hybridized carbons (Fsp3) is 0.417. The van der Waals surface area contributed by atoms with Gasteiger partial charge in [-0.1, -0.05) is 49.2 Å². The molecule has 2 aromatic rings. The summed E-state index contributed by atoms with van der Waals surface area (Å²) in [5, 5.41) is 3.09. The van der Waals surface area contributed by atoms with Crippen molar-refractivity contribution in [1.29, 1.82) is 0 Å². The van der Waals surface area contributed by atoms with Crippen molar-refractivity contribution in [3.63, 3.8) is 0 Å². The van der Waals surface area contributed by atoms with E-state index in [0.29, 0.717) is 5.69 Å². The Hall–Kier alpha value is -2.71. The molecule has 1 atom stereocenters. The number of nitrogens with zero attached hydrogens (tertiary/aromatic N) is 2. The minimum absolute atomic E-state index is 0.0502. The van der Waals surface area contributed by atoms with Crippen LogP contribution in [0.3, 0.4) is 0 Å². The summed E-state index contributed by atoms with van der Waals surface area (Å²) in [7, 11) is -3.94. The van der Waals surface area contributed by atoms with E-state index < -0.39 is 21.5 Å². The zero-order chi connectivity index (χ0) is 22.9. The van der Waals surface area contributed by atoms with Gasteiger partial charge in [0.1, 0.15) is 5.54 Å². The number of carbonyl (C=O) groups is 2. The van der Waals surface area contributed by atoms with Crippen LogP contribution in [-0.4, -0.2) is 49.2 Å². The Kier molecular flexibility index (Phi) is 6.09. The molecular formula is C24H29N3O4S. The molecule has 2 amide bonds. The van der Waals surface area contributed by atoms with E-state index in [1.54, 1.807) is 31.2 Å². The van der Waals surface area contributed by atoms with Crippen LogP contribution in [0.5, 0.6) is 0 Å². The largest absolute Gasteiger partial charge is 0.351 e. The number of sulfonamides is 1. The van der Waals surface area contributed by atoms with Crippen LogP contribution in [0, 0.1) is 6.92 Å². The number of benzene rings is 2. The third kappa shape index (κ3) is 4.04. The van der Waals surface area contributed by atoms with E-state index in [9.17, 15) is 18.0 Å². The summed E-state index contributed by atoms with van der Waals surface area (Å²) in [4.78, 5) is 28.6. The van der Waals surface area contributed by atoms with Crippen molar-refractivity contribution in [3.05, 3.63) is 60.2 Å². The molecule has 7 nitrogen and oxygen atoms in total. The van der Waals surface area contributed by atoms with Crippen molar-refractivity contribution in [2.45, 2.75) is 56.0 Å². The minimum atomic E-state index is -3.94. The van der Waals surface area contributed by atoms with E-state index in [1.165, 1.54) is 17.0 Å². The lowest BCUT2D eigenvalue weighted by molar-refractivity contribution is -0.133. The Bertz CT molecular complexity index is 1110. The van der Waals surface area contributed by atoms with E-state index in [4.69, 9.17) is 0 Å². The van der Waals surface area contributed by atoms with E-state index in [-0.39, 0.29) is 29.9 Å². The molecule has 2 fully saturated rings. The number of nitrogens with one attached hydrogen (secondary N) is 1. The van der Waals surface area contributed by atoms with Gasteiger partial charge in [0.15, 0.2) is 0 Å². The Balaban J connectivity index is 1.75. The minimum Gasteiger partial charge on any atom is -0.351 e. The van der Waals surface area contributed by atoms with Crippen molar-refractivity contribution >= 4 is 27.5 Å². The molecule has 32 heavy (non-hydrogen) atoms. The zero-order valence-corrected chi connectivity index (χ0v) is 19.3. The lowest BCUT2D eigenvalue weighted by Crippen LogP contribution is -2.70. The molecule has 0 aromatic heterocycles. The van der Waals surface area contributed by atoms with Crippen molar-refractivity contribution < 1.29 is 18.0 Å². The van der Waals surface area contributed by atoms with Crippen LogP contribution >= 0.6 is 0 Å². The van der Waals surface area contributed by atoms with E-state index >= 15 is 0 Å². The Labute approximate surface area is 189 Å². The molecule has 2 aromatic carbocycles. The normalized spacial score (nSPS) is 22.8. The molecule has 170 valence electrons. The average Bonchev–Trinajstić information content (AvgIpc) is 3.28. The van der Waals surface area contributed by atoms with Crippen molar-refractivity contribution in [3.8, 4) is 0 Å². The predicted octanol–water partition coefficient (Wildman–Crippen LogP) is 2.85. The maximum Gasteiger partial charge on any atom is 0.247 e. The number of amides is 2. The third-order valence-corrected chi connectivity index (χ3v) is 8.26. The second-order valence-electron chi connectivity index (χ2n) is 8.83. The van der Waals surface area contributed by atoms with Gasteiger partial charge in [0.05, 0.1) is 11.4 Å². The summed E-state index contributed by atoms with van der Waals surface area (Å²) in [5.41, 5.74) is 0.0877. The van der Waals surface area contributed by atoms with Crippen LogP contribution in [0.15, 0.2) is 59.5 Å². The number of piperazine rings is 1. The highest BCUT2D eigenvalue weighted by atomic mass is 32.2. The molecule has 0 radical (unpaired) electrons. The van der Waals surface area contributed by atoms with Crippen molar-refractivity contribution in [2.24, 2.45) is 0 Å². The maximum absolute atomic E-state index is 13.6. The number of carbonyl (C=O) groups excluding carboxylic acids is 2. The lowest BCUT2D eigenvalue weighted by atomic mass is 9.93. The summed E-state index contributed by atoms with van der Waals surface area (Å²) in [6.07, 6.45) is 3.89. The topological polar surface area (TPSA) is 86.8 Å². The molecule has 4 rings (SSSR count). The number of hydrogen-bond acceptors (Lipinski definition) is 4. The molecule has 1 N–H and O–H groups in total. The SMILES string of the molecule is Cc1ccccc1N1C(=O)CN(S(=O)(=O)c2ccccc2)C[C@]1(C)C(=O)NC1CCCC1. The van der Waals surface area contributed by atoms with Crippen LogP contribution in [0.2, 0.25) is 0 Å². The molecule has 1 saturated carbocycles. The van der Waals surface area contributed by atoms with Gasteiger partial charge < -0.3 is 5.32 Å². The number of rotatable bonds is 5. The Morgan fingerprint density at radius 1 is 1.03 bits per heavy atom. The van der Waals surface area contributed by atoms with Gasteiger partial charge in [0.2, 0.25) is 21.8 Å². The molecule has 1 heterocycles. The van der Waals surface area contributed by atoms with Gasteiger partial charge >= 0.3 is 0 Å². The van der Waals surface area contributed by atoms with E-state index in [1.807, 2.05) is 25.1 Å². The number of anilines is 1. The van der Waals surface area contributed by atoms with Gasteiger partial charge in [0, 0.05) is 18.3 Å². The molecule has 0 unspecified atom stereocenters. The summed E-state index contributed by atoms with van der Waals surface area (Å²) in [6.45, 7) is 3.10. The smallest absolute Gasteiger partial charge is 0.247 e. The standard InChI is InChI=1S/C24H29N3O4S/c1-18-10-6-9-15-21(18)27-22(28)16-26(32(30,31)20-13-4-3-5-14-20)17-24(27,2)23(29)25-19-11-7-8-12-19/h3-6,9-10,13-15,19H,7-8,11-12,16-17H2,1-2H3,(H,25,29)/t24-/m1/s1. The number of aryl methyl sites for hydroxylation is 1. The van der Waals surface area contributed by atoms with Gasteiger partial charge in [0.25, 0.3) is 0 Å². The first-order valence-corrected chi connectivity index (χ1v) is 12.4. The summed E-state index contributed by atoms with van der Waals surface area (Å²) in [5.74, 6) is -0.747. The highest BCUT2D eigenvalue weighted by molar-refractivity contribution is 7.89. The molecular weight excluding hydrogens is 426 g/mol. The summed E-state index contributed by atoms with van der Waals surface area (Å²) < 4.78 is 27.8. The van der Waals surface area contributed by atoms with Crippen LogP contribution in [0.4, 0.5) is 5.69 Å². The first-order valence-electron chi connectivity index (χ1n) is 11.0. The van der Waals surface area contributed by atoms with Crippen molar-refractivity contribution in [1.82, 2.24) is 9.62 Å². The number of hydrogen-bond donors (Lipinski definition) is 1. The summed E-state index contributed by atoms with van der Waals surface area (Å²) in [6, 6.07) is 15.4. The molecule has 8 heteroatoms. The fourth-order valence-corrected chi connectivity index (χ4v) is 6.18. The summed E-state index contributed by atoms with van der Waals surface area (Å²) >= 11 is 0. The Morgan fingerprint density at radius 2 is 1.66 bits per heavy atom. The van der Waals surface area contributed by atoms with Crippen LogP contribution in [0.25, 0.3) is 0 Å². The van der Waals surface area contributed by atoms with E-state index in [0.717, 1.165) is 35.6 Å². The second-order valence-corrected chi connectivity index (χ2v) is 10.8. The molecule has 1 aliphatic heterocycles. The predicted molar refractivity (Wildman–Crippen MR) is 123 cm³/mol. The molecule has 1 aliphatic carbocycles. The van der Waals surface area contributed by atoms with Gasteiger partial charge in [-0.05, 0) is 50.5 Å². The fourth-order valence-electron chi connectivity index (χ4n) is 4.68. The van der Waals surface area contributed by atoms with Gasteiger partial charge in [-0.15, -0.1) is 0 Å². The molecule has 0 spiro atoms. The van der Waals surface area contributed by atoms with Crippen LogP contribution in [-0.2, 0) is 19.6 Å². The third-order valence-electron chi connectivity index (χ3n) is 6.46. The quantitative estimate of drug-likeness (QED) is 0.751. The van der Waals surface area contributed by atoms with Gasteiger partial charge in [-0.2, -0.15) is 4.31 Å².